The van der Waals surface area contributed by atoms with E-state index in [9.17, 15) is 0 Å². The molecule has 2 aliphatic carbocycles. The number of rotatable bonds is 10. The normalized spacial score (nSPS) is 14.5. The fraction of sp³-hybridized carbons (Fsp3) is 0.103. The van der Waals surface area contributed by atoms with Crippen LogP contribution in [-0.4, -0.2) is 5.43 Å². The zero-order valence-corrected chi connectivity index (χ0v) is 40.1. The van der Waals surface area contributed by atoms with E-state index >= 15 is 0 Å². The number of halogens is 2. The summed E-state index contributed by atoms with van der Waals surface area (Å²) in [5, 5.41) is 3.13. The number of benzene rings is 8. The molecule has 0 fully saturated rings. The third-order valence-electron chi connectivity index (χ3n) is 12.8. The molecule has 302 valence electrons. The van der Waals surface area contributed by atoms with Crippen LogP contribution in [0.2, 0.25) is 0 Å². The maximum atomic E-state index is 2.63. The molecule has 0 radical (unpaired) electrons. The average molecular weight is 935 g/mol. The first-order valence-corrected chi connectivity index (χ1v) is 29.6. The predicted molar refractivity (Wildman–Crippen MR) is 255 cm³/mol. The molecule has 0 saturated heterocycles. The summed E-state index contributed by atoms with van der Waals surface area (Å²) in [5.74, 6) is 0. The topological polar surface area (TPSA) is 0 Å². The first kappa shape index (κ1) is 43.6. The van der Waals surface area contributed by atoms with E-state index in [1.807, 2.05) is 0 Å². The standard InChI is InChI=1S/2C23H19.C12H10Si.2ClH.Zr/c2*1-2-17-15-21-9-6-10-22(23(21)16-17)20-13-11-19(12-14-20)18-7-4-3-5-8-18;1-3-7-11(8-4-1)13-12-9-5-2-6-10-12;;;/h2*3-16H,2H2,1H3;1-10H;2*1H;/q;;;;;+2/p-2. The molecule has 0 spiro atoms. The van der Waals surface area contributed by atoms with Gasteiger partial charge >= 0.3 is 366 Å². The second-order valence-electron chi connectivity index (χ2n) is 16.1. The van der Waals surface area contributed by atoms with Gasteiger partial charge in [0.05, 0.1) is 0 Å². The van der Waals surface area contributed by atoms with Crippen LogP contribution in [0.5, 0.6) is 0 Å². The number of allylic oxidation sites excluding steroid dienone is 2. The van der Waals surface area contributed by atoms with Crippen molar-refractivity contribution in [3.8, 4) is 44.5 Å². The molecule has 62 heavy (non-hydrogen) atoms. The van der Waals surface area contributed by atoms with E-state index in [2.05, 4.69) is 232 Å². The Morgan fingerprint density at radius 1 is 0.355 bits per heavy atom. The molecule has 4 heteroatoms. The minimum absolute atomic E-state index is 0. The molecule has 2 atom stereocenters. The van der Waals surface area contributed by atoms with Crippen molar-refractivity contribution in [3.05, 3.63) is 240 Å². The molecule has 8 aromatic rings. The van der Waals surface area contributed by atoms with Crippen molar-refractivity contribution in [2.75, 3.05) is 0 Å². The first-order chi connectivity index (χ1) is 29.7. The van der Waals surface area contributed by atoms with E-state index in [4.69, 9.17) is 0 Å². The molecular formula is C58H48Cl2SiZr. The fourth-order valence-corrected chi connectivity index (χ4v) is 35.3. The van der Waals surface area contributed by atoms with Crippen molar-refractivity contribution in [2.24, 2.45) is 0 Å². The molecule has 0 bridgehead atoms. The van der Waals surface area contributed by atoms with Crippen LogP contribution < -0.4 is 35.2 Å². The Kier molecular flexibility index (Phi) is 13.7. The summed E-state index contributed by atoms with van der Waals surface area (Å²) in [6, 6.07) is 77.9. The van der Waals surface area contributed by atoms with Crippen LogP contribution in [0.3, 0.4) is 0 Å². The summed E-state index contributed by atoms with van der Waals surface area (Å²) in [6.07, 6.45) is 7.39. The smallest absolute Gasteiger partial charge is 1.00 e. The molecule has 0 N–H and O–H groups in total. The Morgan fingerprint density at radius 2 is 0.677 bits per heavy atom. The quantitative estimate of drug-likeness (QED) is 0.122. The molecule has 0 aromatic heterocycles. The summed E-state index contributed by atoms with van der Waals surface area (Å²) >= 11 is -2.82. The van der Waals surface area contributed by atoms with Crippen LogP contribution in [0.25, 0.3) is 56.7 Å². The van der Waals surface area contributed by atoms with E-state index < -0.39 is 25.8 Å². The molecule has 2 aliphatic rings. The number of hydrogen-bond donors (Lipinski definition) is 0. The van der Waals surface area contributed by atoms with Gasteiger partial charge in [0.2, 0.25) is 0 Å². The summed E-state index contributed by atoms with van der Waals surface area (Å²) in [7, 11) is 0. The minimum atomic E-state index is -2.82. The van der Waals surface area contributed by atoms with E-state index in [0.29, 0.717) is 7.25 Å². The average Bonchev–Trinajstić information content (AvgIpc) is 3.90. The van der Waals surface area contributed by atoms with Crippen molar-refractivity contribution >= 4 is 28.0 Å². The summed E-state index contributed by atoms with van der Waals surface area (Å²) < 4.78 is 0.926. The minimum Gasteiger partial charge on any atom is -1.00 e. The third kappa shape index (κ3) is 8.27. The van der Waals surface area contributed by atoms with Crippen molar-refractivity contribution in [2.45, 2.75) is 33.9 Å². The van der Waals surface area contributed by atoms with Gasteiger partial charge in [-0.05, 0) is 0 Å². The Bertz CT molecular complexity index is 2700. The second kappa shape index (κ2) is 19.5. The number of fused-ring (bicyclic) bond motifs is 2. The summed E-state index contributed by atoms with van der Waals surface area (Å²) in [4.78, 5) is 0. The van der Waals surface area contributed by atoms with Crippen LogP contribution >= 0.6 is 0 Å². The Morgan fingerprint density at radius 3 is 1.03 bits per heavy atom. The maximum absolute atomic E-state index is 2.82. The fourth-order valence-electron chi connectivity index (χ4n) is 9.89. The maximum Gasteiger partial charge on any atom is -1.00 e. The van der Waals surface area contributed by atoms with Crippen LogP contribution in [0.15, 0.2) is 217 Å². The summed E-state index contributed by atoms with van der Waals surface area (Å²) in [6.45, 7) is 4.82. The van der Waals surface area contributed by atoms with Crippen LogP contribution in [0, 0.1) is 0 Å². The Balaban J connectivity index is 0.00000264. The zero-order valence-electron chi connectivity index (χ0n) is 35.1. The molecule has 10 rings (SSSR count). The van der Waals surface area contributed by atoms with Crippen molar-refractivity contribution < 1.29 is 45.2 Å². The molecule has 2 unspecified atom stereocenters. The monoisotopic (exact) mass is 932 g/mol. The predicted octanol–water partition coefficient (Wildman–Crippen LogP) is 8.18. The number of hydrogen-bond acceptors (Lipinski definition) is 0. The van der Waals surface area contributed by atoms with Gasteiger partial charge in [-0.15, -0.1) is 0 Å². The van der Waals surface area contributed by atoms with E-state index in [-0.39, 0.29) is 24.8 Å². The SMILES string of the molecule is CCC1=Cc2c(-c3ccc(-c4ccccc4)cc3)cccc2[CH]1[Zr+2]([CH]1C(CC)=Cc2c(-c3ccc(-c4ccccc4)cc3)cccc21)=[Si](c1ccccc1)c1ccccc1.[Cl-].[Cl-]. The van der Waals surface area contributed by atoms with Crippen molar-refractivity contribution in [3.63, 3.8) is 0 Å². The zero-order chi connectivity index (χ0) is 40.4. The van der Waals surface area contributed by atoms with E-state index in [0.717, 1.165) is 12.8 Å². The van der Waals surface area contributed by atoms with Crippen molar-refractivity contribution in [1.82, 2.24) is 0 Å². The van der Waals surface area contributed by atoms with E-state index in [1.165, 1.54) is 55.6 Å². The largest absolute Gasteiger partial charge is 1.00 e. The van der Waals surface area contributed by atoms with Gasteiger partial charge in [0.1, 0.15) is 0 Å². The van der Waals surface area contributed by atoms with Crippen LogP contribution in [-0.2, 0) is 20.4 Å². The van der Waals surface area contributed by atoms with Crippen LogP contribution in [0.1, 0.15) is 56.2 Å². The van der Waals surface area contributed by atoms with Gasteiger partial charge in [-0.2, -0.15) is 0 Å². The second-order valence-corrected chi connectivity index (χ2v) is 30.2. The van der Waals surface area contributed by atoms with Gasteiger partial charge in [0.25, 0.3) is 0 Å². The van der Waals surface area contributed by atoms with Crippen LogP contribution in [0.4, 0.5) is 0 Å². The summed E-state index contributed by atoms with van der Waals surface area (Å²) in [5.41, 5.74) is 18.4. The van der Waals surface area contributed by atoms with Gasteiger partial charge in [-0.1, -0.05) is 0 Å². The Labute approximate surface area is 388 Å². The third-order valence-corrected chi connectivity index (χ3v) is 33.5. The van der Waals surface area contributed by atoms with Gasteiger partial charge in [0.15, 0.2) is 0 Å². The molecule has 0 amide bonds. The Hall–Kier alpha value is -5.08. The van der Waals surface area contributed by atoms with Gasteiger partial charge in [-0.3, -0.25) is 0 Å². The van der Waals surface area contributed by atoms with E-state index in [1.54, 1.807) is 32.6 Å². The van der Waals surface area contributed by atoms with Gasteiger partial charge in [-0.25, -0.2) is 0 Å². The first-order valence-electron chi connectivity index (χ1n) is 21.5. The molecular weight excluding hydrogens is 887 g/mol. The molecule has 0 nitrogen and oxygen atoms in total. The van der Waals surface area contributed by atoms with Crippen molar-refractivity contribution in [1.29, 1.82) is 0 Å². The molecule has 0 aliphatic heterocycles. The molecule has 0 saturated carbocycles. The molecule has 8 aromatic carbocycles. The van der Waals surface area contributed by atoms with Gasteiger partial charge in [0, 0.05) is 0 Å². The van der Waals surface area contributed by atoms with Gasteiger partial charge < -0.3 is 24.8 Å². The molecule has 0 heterocycles.